The highest BCUT2D eigenvalue weighted by Crippen LogP contribution is 2.38. The molecule has 2 amide bonds. The number of carbonyl (C=O) groups excluding carboxylic acids is 1. The first-order chi connectivity index (χ1) is 21.0. The fraction of sp³-hybridized carbons (Fsp3) is 0.345. The first-order valence-electron chi connectivity index (χ1n) is 14.2. The van der Waals surface area contributed by atoms with Gasteiger partial charge in [0.25, 0.3) is 0 Å². The molecular weight excluding hydrogens is 572 g/mol. The molecule has 1 unspecified atom stereocenters. The van der Waals surface area contributed by atoms with Crippen LogP contribution in [0.15, 0.2) is 48.5 Å². The number of hydrogen-bond acceptors (Lipinski definition) is 10. The summed E-state index contributed by atoms with van der Waals surface area (Å²) in [5, 5.41) is 14.6. The molecule has 7 rings (SSSR count). The number of aryl methyl sites for hydroxylation is 1. The zero-order chi connectivity index (χ0) is 29.3. The van der Waals surface area contributed by atoms with Crippen LogP contribution in [0.3, 0.4) is 0 Å². The van der Waals surface area contributed by atoms with Crippen molar-refractivity contribution in [1.29, 1.82) is 0 Å². The molecule has 3 aliphatic rings. The molecule has 3 aliphatic heterocycles. The van der Waals surface area contributed by atoms with E-state index in [2.05, 4.69) is 25.8 Å². The van der Waals surface area contributed by atoms with Gasteiger partial charge in [-0.2, -0.15) is 20.1 Å². The van der Waals surface area contributed by atoms with Crippen LogP contribution >= 0.6 is 11.6 Å². The second kappa shape index (κ2) is 11.7. The Balaban J connectivity index is 1.17. The van der Waals surface area contributed by atoms with Crippen molar-refractivity contribution in [2.45, 2.75) is 13.0 Å². The molecule has 222 valence electrons. The van der Waals surface area contributed by atoms with Crippen molar-refractivity contribution in [1.82, 2.24) is 30.0 Å². The molecule has 13 nitrogen and oxygen atoms in total. The summed E-state index contributed by atoms with van der Waals surface area (Å²) in [6.07, 6.45) is 0. The van der Waals surface area contributed by atoms with E-state index < -0.39 is 6.04 Å². The van der Waals surface area contributed by atoms with E-state index in [1.54, 1.807) is 4.68 Å². The SMILES string of the molecule is Cc1nn(-c2ccc(Nc3nc(N4CCOCC4)nc(N4CCOCC4)n3)cc2)c2c1C(c1ccccc1Cl)NC(=O)N2. The maximum atomic E-state index is 12.7. The lowest BCUT2D eigenvalue weighted by molar-refractivity contribution is 0.121. The molecule has 0 saturated carbocycles. The van der Waals surface area contributed by atoms with E-state index in [-0.39, 0.29) is 6.03 Å². The monoisotopic (exact) mass is 602 g/mol. The number of morpholine rings is 2. The molecule has 0 bridgehead atoms. The minimum absolute atomic E-state index is 0.321. The molecular formula is C29H31ClN10O3. The minimum atomic E-state index is -0.419. The number of fused-ring (bicyclic) bond motifs is 1. The van der Waals surface area contributed by atoms with Crippen LogP contribution in [0.2, 0.25) is 5.02 Å². The van der Waals surface area contributed by atoms with Crippen molar-refractivity contribution in [3.05, 3.63) is 70.4 Å². The molecule has 2 aromatic heterocycles. The Labute approximate surface area is 253 Å². The van der Waals surface area contributed by atoms with Gasteiger partial charge in [0.2, 0.25) is 17.8 Å². The number of ether oxygens (including phenoxy) is 2. The van der Waals surface area contributed by atoms with Gasteiger partial charge >= 0.3 is 6.03 Å². The Morgan fingerprint density at radius 2 is 1.51 bits per heavy atom. The van der Waals surface area contributed by atoms with E-state index >= 15 is 0 Å². The molecule has 0 aliphatic carbocycles. The summed E-state index contributed by atoms with van der Waals surface area (Å²) in [5.74, 6) is 2.30. The topological polar surface area (TPSA) is 135 Å². The number of rotatable bonds is 6. The van der Waals surface area contributed by atoms with E-state index in [4.69, 9.17) is 41.1 Å². The first kappa shape index (κ1) is 27.4. The number of benzene rings is 2. The molecule has 3 N–H and O–H groups in total. The zero-order valence-corrected chi connectivity index (χ0v) is 24.3. The Bertz CT molecular complexity index is 1600. The van der Waals surface area contributed by atoms with Crippen LogP contribution in [-0.2, 0) is 9.47 Å². The van der Waals surface area contributed by atoms with E-state index in [0.29, 0.717) is 55.1 Å². The molecule has 2 saturated heterocycles. The standard InChI is InChI=1S/C29H31ClN10O3/c1-18-23-24(21-4-2-3-5-22(21)30)32-29(41)33-25(23)40(37-18)20-8-6-19(7-9-20)31-26-34-27(38-10-14-42-15-11-38)36-28(35-26)39-12-16-43-17-13-39/h2-9,24H,10-17H2,1H3,(H2,32,33,41)(H,31,34,35,36). The Hall–Kier alpha value is -4.46. The van der Waals surface area contributed by atoms with E-state index in [0.717, 1.165) is 54.4 Å². The average molecular weight is 603 g/mol. The predicted octanol–water partition coefficient (Wildman–Crippen LogP) is 3.66. The van der Waals surface area contributed by atoms with Crippen LogP contribution in [0.1, 0.15) is 22.9 Å². The fourth-order valence-corrected chi connectivity index (χ4v) is 5.76. The van der Waals surface area contributed by atoms with Gasteiger partial charge in [0, 0.05) is 42.5 Å². The number of urea groups is 1. The third-order valence-corrected chi connectivity index (χ3v) is 8.03. The quantitative estimate of drug-likeness (QED) is 0.300. The van der Waals surface area contributed by atoms with E-state index in [1.165, 1.54) is 0 Å². The van der Waals surface area contributed by atoms with Gasteiger partial charge in [0.15, 0.2) is 0 Å². The van der Waals surface area contributed by atoms with Crippen LogP contribution in [0.4, 0.5) is 34.1 Å². The maximum absolute atomic E-state index is 12.7. The van der Waals surface area contributed by atoms with Crippen molar-refractivity contribution in [2.75, 3.05) is 73.0 Å². The highest BCUT2D eigenvalue weighted by atomic mass is 35.5. The summed E-state index contributed by atoms with van der Waals surface area (Å²) in [5.41, 5.74) is 4.05. The van der Waals surface area contributed by atoms with Crippen LogP contribution in [0.25, 0.3) is 5.69 Å². The highest BCUT2D eigenvalue weighted by molar-refractivity contribution is 6.31. The van der Waals surface area contributed by atoms with Gasteiger partial charge in [-0.1, -0.05) is 29.8 Å². The Kier molecular flexibility index (Phi) is 7.43. The van der Waals surface area contributed by atoms with Crippen LogP contribution in [0, 0.1) is 6.92 Å². The molecule has 14 heteroatoms. The van der Waals surface area contributed by atoms with Crippen molar-refractivity contribution < 1.29 is 14.3 Å². The van der Waals surface area contributed by atoms with Crippen LogP contribution in [0.5, 0.6) is 0 Å². The summed E-state index contributed by atoms with van der Waals surface area (Å²) >= 11 is 6.50. The number of halogens is 1. The van der Waals surface area contributed by atoms with Gasteiger partial charge in [-0.3, -0.25) is 5.32 Å². The molecule has 1 atom stereocenters. The minimum Gasteiger partial charge on any atom is -0.378 e. The smallest absolute Gasteiger partial charge is 0.321 e. The summed E-state index contributed by atoms with van der Waals surface area (Å²) in [7, 11) is 0. The second-order valence-corrected chi connectivity index (χ2v) is 10.8. The Morgan fingerprint density at radius 1 is 0.884 bits per heavy atom. The number of amides is 2. The van der Waals surface area contributed by atoms with Gasteiger partial charge in [-0.25, -0.2) is 9.48 Å². The molecule has 4 aromatic rings. The highest BCUT2D eigenvalue weighted by Gasteiger charge is 2.33. The lowest BCUT2D eigenvalue weighted by Gasteiger charge is -2.30. The Morgan fingerprint density at radius 3 is 2.14 bits per heavy atom. The number of nitrogens with zero attached hydrogens (tertiary/aromatic N) is 7. The molecule has 5 heterocycles. The predicted molar refractivity (Wildman–Crippen MR) is 163 cm³/mol. The third kappa shape index (κ3) is 5.54. The van der Waals surface area contributed by atoms with Crippen molar-refractivity contribution in [2.24, 2.45) is 0 Å². The second-order valence-electron chi connectivity index (χ2n) is 10.4. The molecule has 2 aromatic carbocycles. The van der Waals surface area contributed by atoms with Crippen LogP contribution in [-0.4, -0.2) is 83.4 Å². The van der Waals surface area contributed by atoms with Crippen molar-refractivity contribution in [3.63, 3.8) is 0 Å². The number of aromatic nitrogens is 5. The third-order valence-electron chi connectivity index (χ3n) is 7.69. The largest absolute Gasteiger partial charge is 0.378 e. The van der Waals surface area contributed by atoms with Gasteiger partial charge in [0.05, 0.1) is 43.9 Å². The summed E-state index contributed by atoms with van der Waals surface area (Å²) < 4.78 is 12.8. The van der Waals surface area contributed by atoms with E-state index in [1.807, 2.05) is 55.5 Å². The van der Waals surface area contributed by atoms with Crippen molar-refractivity contribution in [3.8, 4) is 5.69 Å². The fourth-order valence-electron chi connectivity index (χ4n) is 5.52. The number of carbonyl (C=O) groups is 1. The summed E-state index contributed by atoms with van der Waals surface area (Å²) in [6.45, 7) is 7.34. The lowest BCUT2D eigenvalue weighted by atomic mass is 9.97. The number of hydrogen-bond donors (Lipinski definition) is 3. The lowest BCUT2D eigenvalue weighted by Crippen LogP contribution is -2.40. The molecule has 43 heavy (non-hydrogen) atoms. The van der Waals surface area contributed by atoms with Gasteiger partial charge in [-0.15, -0.1) is 0 Å². The number of nitrogens with one attached hydrogen (secondary N) is 3. The maximum Gasteiger partial charge on any atom is 0.321 e. The van der Waals surface area contributed by atoms with Crippen molar-refractivity contribution >= 4 is 47.0 Å². The average Bonchev–Trinajstić information content (AvgIpc) is 3.37. The van der Waals surface area contributed by atoms with Gasteiger partial charge in [0.1, 0.15) is 5.82 Å². The summed E-state index contributed by atoms with van der Waals surface area (Å²) in [4.78, 5) is 31.2. The van der Waals surface area contributed by atoms with Crippen LogP contribution < -0.4 is 25.8 Å². The summed E-state index contributed by atoms with van der Waals surface area (Å²) in [6, 6.07) is 14.5. The van der Waals surface area contributed by atoms with Gasteiger partial charge < -0.3 is 29.9 Å². The van der Waals surface area contributed by atoms with Gasteiger partial charge in [-0.05, 0) is 42.8 Å². The number of anilines is 5. The van der Waals surface area contributed by atoms with E-state index in [9.17, 15) is 4.79 Å². The zero-order valence-electron chi connectivity index (χ0n) is 23.6. The normalized spacial score (nSPS) is 18.6. The molecule has 0 radical (unpaired) electrons. The first-order valence-corrected chi connectivity index (χ1v) is 14.6. The molecule has 2 fully saturated rings. The molecule has 0 spiro atoms.